The van der Waals surface area contributed by atoms with Gasteiger partial charge in [0.1, 0.15) is 0 Å². The minimum Gasteiger partial charge on any atom is -0.369 e. The molecule has 4 fully saturated rings. The molecule has 6 rings (SSSR count). The third kappa shape index (κ3) is 2.94. The molecular formula is C28H41NO3. The molecule has 1 spiro atoms. The molecule has 2 aliphatic heterocycles. The highest BCUT2D eigenvalue weighted by Crippen LogP contribution is 2.64. The van der Waals surface area contributed by atoms with Crippen LogP contribution < -0.4 is 0 Å². The van der Waals surface area contributed by atoms with Crippen molar-refractivity contribution < 1.29 is 14.7 Å². The van der Waals surface area contributed by atoms with Crippen molar-refractivity contribution in [2.75, 3.05) is 6.54 Å². The Bertz CT molecular complexity index is 891. The zero-order valence-corrected chi connectivity index (χ0v) is 20.4. The van der Waals surface area contributed by atoms with Crippen LogP contribution in [0.2, 0.25) is 0 Å². The van der Waals surface area contributed by atoms with E-state index < -0.39 is 0 Å². The molecule has 4 heteroatoms. The van der Waals surface area contributed by atoms with Gasteiger partial charge in [0.05, 0.1) is 17.7 Å². The second kappa shape index (κ2) is 7.26. The van der Waals surface area contributed by atoms with E-state index in [1.807, 2.05) is 6.08 Å². The van der Waals surface area contributed by atoms with Gasteiger partial charge in [0.25, 0.3) is 0 Å². The first-order valence-electron chi connectivity index (χ1n) is 13.3. The highest BCUT2D eigenvalue weighted by atomic mass is 16.5. The van der Waals surface area contributed by atoms with E-state index in [1.54, 1.807) is 16.2 Å². The number of hydrogen-bond acceptors (Lipinski definition) is 4. The monoisotopic (exact) mass is 439 g/mol. The molecule has 0 aromatic carbocycles. The molecule has 6 aliphatic rings. The zero-order chi connectivity index (χ0) is 22.4. The summed E-state index contributed by atoms with van der Waals surface area (Å²) in [7, 11) is 0. The lowest BCUT2D eigenvalue weighted by Gasteiger charge is -2.48. The standard InChI is InChI=1S/C28H41NO3/c1-16-11-25-26(29(31)15-16)18(3)28(32-25)10-8-21-22-6-5-19-12-20(30)7-9-27(19,4)24(22)13-23(21)17(2)14-28/h12,16,18,21-22,24-26,31H,5-11,13-15H2,1-4H3/t16-,18+,21?,22-,24-,25+,26-,27-,28-/m0/s1. The van der Waals surface area contributed by atoms with Crippen molar-refractivity contribution in [2.24, 2.45) is 35.0 Å². The van der Waals surface area contributed by atoms with Gasteiger partial charge in [-0.1, -0.05) is 37.5 Å². The zero-order valence-electron chi connectivity index (χ0n) is 20.4. The summed E-state index contributed by atoms with van der Waals surface area (Å²) in [5, 5.41) is 12.4. The van der Waals surface area contributed by atoms with Gasteiger partial charge in [0.2, 0.25) is 0 Å². The second-order valence-corrected chi connectivity index (χ2v) is 12.7. The maximum atomic E-state index is 12.1. The Balaban J connectivity index is 1.30. The molecule has 4 aliphatic carbocycles. The van der Waals surface area contributed by atoms with Crippen LogP contribution in [0.25, 0.3) is 0 Å². The number of hydroxylamine groups is 2. The van der Waals surface area contributed by atoms with Crippen LogP contribution in [0.4, 0.5) is 0 Å². The van der Waals surface area contributed by atoms with E-state index in [9.17, 15) is 10.0 Å². The summed E-state index contributed by atoms with van der Waals surface area (Å²) in [6.07, 6.45) is 12.0. The predicted octanol–water partition coefficient (Wildman–Crippen LogP) is 5.70. The number of carbonyl (C=O) groups is 1. The van der Waals surface area contributed by atoms with Crippen LogP contribution in [-0.2, 0) is 9.53 Å². The number of carbonyl (C=O) groups excluding carboxylic acids is 1. The van der Waals surface area contributed by atoms with Gasteiger partial charge in [-0.15, -0.1) is 0 Å². The number of allylic oxidation sites excluding steroid dienone is 3. The molecule has 2 saturated heterocycles. The van der Waals surface area contributed by atoms with E-state index in [-0.39, 0.29) is 23.2 Å². The minimum absolute atomic E-state index is 0.113. The van der Waals surface area contributed by atoms with Crippen molar-refractivity contribution in [1.29, 1.82) is 0 Å². The van der Waals surface area contributed by atoms with E-state index >= 15 is 0 Å². The fourth-order valence-corrected chi connectivity index (χ4v) is 9.34. The van der Waals surface area contributed by atoms with E-state index in [0.29, 0.717) is 29.5 Å². The SMILES string of the molecule is CC1=C2C[C@H]3[C@@H](CCC4=CC(=O)CC[C@@]43C)C2CC[C@@]2(C1)O[C@@H]1C[C@H](C)CN(O)[C@H]1[C@H]2C. The fraction of sp³-hybridized carbons (Fsp3) is 0.821. The van der Waals surface area contributed by atoms with Crippen molar-refractivity contribution in [3.8, 4) is 0 Å². The van der Waals surface area contributed by atoms with Crippen LogP contribution in [0.5, 0.6) is 0 Å². The number of nitrogens with zero attached hydrogens (tertiary/aromatic N) is 1. The molecule has 32 heavy (non-hydrogen) atoms. The third-order valence-corrected chi connectivity index (χ3v) is 11.0. The van der Waals surface area contributed by atoms with Crippen molar-refractivity contribution in [3.05, 3.63) is 22.8 Å². The summed E-state index contributed by atoms with van der Waals surface area (Å²) >= 11 is 0. The van der Waals surface area contributed by atoms with E-state index in [0.717, 1.165) is 51.0 Å². The van der Waals surface area contributed by atoms with Crippen molar-refractivity contribution in [2.45, 2.75) is 103 Å². The van der Waals surface area contributed by atoms with Crippen molar-refractivity contribution in [3.63, 3.8) is 0 Å². The molecule has 2 saturated carbocycles. The van der Waals surface area contributed by atoms with Gasteiger partial charge >= 0.3 is 0 Å². The first-order chi connectivity index (χ1) is 15.2. The highest BCUT2D eigenvalue weighted by molar-refractivity contribution is 5.91. The Hall–Kier alpha value is -0.970. The molecule has 0 aromatic heterocycles. The van der Waals surface area contributed by atoms with Crippen LogP contribution in [0.3, 0.4) is 0 Å². The number of ketones is 1. The number of rotatable bonds is 0. The maximum absolute atomic E-state index is 12.1. The van der Waals surface area contributed by atoms with Crippen LogP contribution in [0.15, 0.2) is 22.8 Å². The first kappa shape index (κ1) is 21.6. The van der Waals surface area contributed by atoms with Crippen molar-refractivity contribution >= 4 is 5.78 Å². The Kier molecular flexibility index (Phi) is 4.89. The van der Waals surface area contributed by atoms with E-state index in [4.69, 9.17) is 4.74 Å². The predicted molar refractivity (Wildman–Crippen MR) is 124 cm³/mol. The highest BCUT2D eigenvalue weighted by Gasteiger charge is 2.59. The molecule has 0 bridgehead atoms. The molecule has 9 atom stereocenters. The number of fused-ring (bicyclic) bond motifs is 6. The lowest BCUT2D eigenvalue weighted by Crippen LogP contribution is -2.50. The fourth-order valence-electron chi connectivity index (χ4n) is 9.34. The van der Waals surface area contributed by atoms with Crippen molar-refractivity contribution in [1.82, 2.24) is 5.06 Å². The van der Waals surface area contributed by atoms with Gasteiger partial charge in [0.15, 0.2) is 5.78 Å². The molecule has 4 nitrogen and oxygen atoms in total. The molecule has 2 heterocycles. The van der Waals surface area contributed by atoms with Gasteiger partial charge in [-0.05, 0) is 93.5 Å². The lowest BCUT2D eigenvalue weighted by molar-refractivity contribution is -0.178. The normalized spacial score (nSPS) is 51.1. The number of ether oxygens (including phenoxy) is 1. The van der Waals surface area contributed by atoms with Gasteiger partial charge in [-0.3, -0.25) is 4.79 Å². The lowest BCUT2D eigenvalue weighted by atomic mass is 9.56. The Morgan fingerprint density at radius 3 is 2.81 bits per heavy atom. The number of piperidine rings is 1. The largest absolute Gasteiger partial charge is 0.369 e. The van der Waals surface area contributed by atoms with Crippen LogP contribution in [0, 0.1) is 35.0 Å². The molecule has 0 radical (unpaired) electrons. The van der Waals surface area contributed by atoms with E-state index in [2.05, 4.69) is 27.7 Å². The summed E-state index contributed by atoms with van der Waals surface area (Å²) in [6.45, 7) is 10.2. The van der Waals surface area contributed by atoms with Crippen LogP contribution in [0.1, 0.15) is 85.5 Å². The summed E-state index contributed by atoms with van der Waals surface area (Å²) in [4.78, 5) is 12.1. The van der Waals surface area contributed by atoms with Crippen LogP contribution in [-0.4, -0.2) is 40.3 Å². The smallest absolute Gasteiger partial charge is 0.155 e. The summed E-state index contributed by atoms with van der Waals surface area (Å²) in [5.74, 6) is 3.36. The minimum atomic E-state index is -0.113. The van der Waals surface area contributed by atoms with Gasteiger partial charge in [-0.25, -0.2) is 0 Å². The molecule has 1 unspecified atom stereocenters. The van der Waals surface area contributed by atoms with Crippen LogP contribution >= 0.6 is 0 Å². The molecular weight excluding hydrogens is 398 g/mol. The average Bonchev–Trinajstić information content (AvgIpc) is 3.19. The number of hydrogen-bond donors (Lipinski definition) is 1. The summed E-state index contributed by atoms with van der Waals surface area (Å²) in [5.41, 5.74) is 4.88. The van der Waals surface area contributed by atoms with Gasteiger partial charge in [-0.2, -0.15) is 5.06 Å². The molecule has 1 N–H and O–H groups in total. The topological polar surface area (TPSA) is 49.8 Å². The summed E-state index contributed by atoms with van der Waals surface area (Å²) < 4.78 is 6.93. The van der Waals surface area contributed by atoms with Gasteiger partial charge in [0, 0.05) is 18.9 Å². The summed E-state index contributed by atoms with van der Waals surface area (Å²) in [6, 6.07) is 0.149. The molecule has 0 aromatic rings. The Morgan fingerprint density at radius 2 is 2.00 bits per heavy atom. The average molecular weight is 440 g/mol. The maximum Gasteiger partial charge on any atom is 0.155 e. The van der Waals surface area contributed by atoms with Gasteiger partial charge < -0.3 is 9.94 Å². The Labute approximate surface area is 193 Å². The second-order valence-electron chi connectivity index (χ2n) is 12.7. The quantitative estimate of drug-likeness (QED) is 0.492. The molecule has 0 amide bonds. The molecule has 176 valence electrons. The van der Waals surface area contributed by atoms with E-state index in [1.165, 1.54) is 24.8 Å². The Morgan fingerprint density at radius 1 is 1.19 bits per heavy atom. The third-order valence-electron chi connectivity index (χ3n) is 11.0. The first-order valence-corrected chi connectivity index (χ1v) is 13.3.